The fourth-order valence-corrected chi connectivity index (χ4v) is 2.51. The van der Waals surface area contributed by atoms with Gasteiger partial charge < -0.3 is 9.84 Å². The van der Waals surface area contributed by atoms with Crippen LogP contribution in [0.5, 0.6) is 0 Å². The highest BCUT2D eigenvalue weighted by Crippen LogP contribution is 2.23. The number of rotatable bonds is 8. The van der Waals surface area contributed by atoms with E-state index in [1.54, 1.807) is 0 Å². The van der Waals surface area contributed by atoms with Crippen molar-refractivity contribution in [2.75, 3.05) is 6.54 Å². The first-order valence-electron chi connectivity index (χ1n) is 8.56. The zero-order valence-corrected chi connectivity index (χ0v) is 15.1. The molecule has 5 nitrogen and oxygen atoms in total. The van der Waals surface area contributed by atoms with E-state index in [9.17, 15) is 4.79 Å². The zero-order valence-electron chi connectivity index (χ0n) is 15.1. The molecular weight excluding hydrogens is 302 g/mol. The summed E-state index contributed by atoms with van der Waals surface area (Å²) in [5.74, 6) is 1.39. The quantitative estimate of drug-likeness (QED) is 0.806. The molecule has 1 heterocycles. The van der Waals surface area contributed by atoms with Gasteiger partial charge in [0.05, 0.1) is 0 Å². The Morgan fingerprint density at radius 2 is 2.12 bits per heavy atom. The molecule has 0 saturated heterocycles. The van der Waals surface area contributed by atoms with Crippen molar-refractivity contribution < 1.29 is 9.32 Å². The fraction of sp³-hybridized carbons (Fsp3) is 0.526. The lowest BCUT2D eigenvalue weighted by atomic mass is 9.84. The van der Waals surface area contributed by atoms with Crippen LogP contribution >= 0.6 is 0 Å². The number of benzene rings is 1. The van der Waals surface area contributed by atoms with Crippen molar-refractivity contribution in [2.24, 2.45) is 0 Å². The van der Waals surface area contributed by atoms with Gasteiger partial charge in [0.1, 0.15) is 0 Å². The topological polar surface area (TPSA) is 68.0 Å². The normalized spacial score (nSPS) is 11.5. The van der Waals surface area contributed by atoms with Crippen LogP contribution in [0.4, 0.5) is 0 Å². The van der Waals surface area contributed by atoms with Gasteiger partial charge >= 0.3 is 0 Å². The second-order valence-corrected chi connectivity index (χ2v) is 6.84. The molecule has 1 aromatic carbocycles. The summed E-state index contributed by atoms with van der Waals surface area (Å²) >= 11 is 0. The first-order valence-corrected chi connectivity index (χ1v) is 8.56. The molecule has 24 heavy (non-hydrogen) atoms. The molecular formula is C19H27N3O2. The average Bonchev–Trinajstić information content (AvgIpc) is 3.01. The average molecular weight is 329 g/mol. The Morgan fingerprint density at radius 3 is 2.79 bits per heavy atom. The molecule has 0 aliphatic heterocycles. The molecule has 0 aliphatic rings. The van der Waals surface area contributed by atoms with Gasteiger partial charge in [0.2, 0.25) is 11.8 Å². The van der Waals surface area contributed by atoms with Crippen LogP contribution in [-0.4, -0.2) is 22.6 Å². The first-order chi connectivity index (χ1) is 11.4. The number of nitrogens with one attached hydrogen (secondary N) is 1. The van der Waals surface area contributed by atoms with Crippen LogP contribution in [0, 0.1) is 6.92 Å². The number of carbonyl (C=O) groups is 1. The summed E-state index contributed by atoms with van der Waals surface area (Å²) in [5.41, 5.74) is 2.38. The number of aryl methyl sites for hydroxylation is 3. The summed E-state index contributed by atoms with van der Waals surface area (Å²) in [6.07, 6.45) is 2.58. The van der Waals surface area contributed by atoms with Crippen LogP contribution in [0.1, 0.15) is 56.5 Å². The van der Waals surface area contributed by atoms with Gasteiger partial charge in [-0.1, -0.05) is 55.8 Å². The lowest BCUT2D eigenvalue weighted by Crippen LogP contribution is -2.36. The molecule has 0 spiro atoms. The molecule has 1 amide bonds. The third-order valence-corrected chi connectivity index (χ3v) is 4.15. The van der Waals surface area contributed by atoms with Crippen molar-refractivity contribution in [3.8, 4) is 0 Å². The van der Waals surface area contributed by atoms with Crippen molar-refractivity contribution >= 4 is 5.91 Å². The number of nitrogens with zero attached hydrogens (tertiary/aromatic N) is 2. The minimum absolute atomic E-state index is 0.0611. The second-order valence-electron chi connectivity index (χ2n) is 6.84. The zero-order chi connectivity index (χ0) is 17.6. The minimum atomic E-state index is -0.0931. The Labute approximate surface area is 143 Å². The third-order valence-electron chi connectivity index (χ3n) is 4.15. The van der Waals surface area contributed by atoms with Gasteiger partial charge in [0.15, 0.2) is 5.82 Å². The lowest BCUT2D eigenvalue weighted by Gasteiger charge is -2.26. The number of amides is 1. The van der Waals surface area contributed by atoms with Gasteiger partial charge in [-0.05, 0) is 18.9 Å². The van der Waals surface area contributed by atoms with Crippen molar-refractivity contribution in [2.45, 2.75) is 58.8 Å². The molecule has 0 saturated carbocycles. The maximum absolute atomic E-state index is 12.1. The molecule has 0 bridgehead atoms. The lowest BCUT2D eigenvalue weighted by molar-refractivity contribution is -0.121. The van der Waals surface area contributed by atoms with Crippen molar-refractivity contribution in [3.63, 3.8) is 0 Å². The SMILES string of the molecule is CCc1noc(CCCC(=O)NCC(C)(C)c2cccc(C)c2)n1. The van der Waals surface area contributed by atoms with Crippen LogP contribution in [-0.2, 0) is 23.1 Å². The molecule has 2 aromatic rings. The van der Waals surface area contributed by atoms with Crippen molar-refractivity contribution in [1.82, 2.24) is 15.5 Å². The summed E-state index contributed by atoms with van der Waals surface area (Å²) < 4.78 is 5.13. The molecule has 1 N–H and O–H groups in total. The molecule has 0 fully saturated rings. The molecule has 0 aliphatic carbocycles. The monoisotopic (exact) mass is 329 g/mol. The molecule has 130 valence electrons. The van der Waals surface area contributed by atoms with Crippen LogP contribution < -0.4 is 5.32 Å². The van der Waals surface area contributed by atoms with Gasteiger partial charge in [-0.15, -0.1) is 0 Å². The van der Waals surface area contributed by atoms with E-state index in [1.165, 1.54) is 11.1 Å². The van der Waals surface area contributed by atoms with Crippen molar-refractivity contribution in [3.05, 3.63) is 47.1 Å². The third kappa shape index (κ3) is 5.18. The Balaban J connectivity index is 1.76. The predicted molar refractivity (Wildman–Crippen MR) is 93.8 cm³/mol. The van der Waals surface area contributed by atoms with Crippen LogP contribution in [0.15, 0.2) is 28.8 Å². The van der Waals surface area contributed by atoms with E-state index in [0.29, 0.717) is 37.5 Å². The molecule has 0 atom stereocenters. The molecule has 2 rings (SSSR count). The standard InChI is InChI=1S/C19H27N3O2/c1-5-16-21-18(24-22-16)11-7-10-17(23)20-13-19(3,4)15-9-6-8-14(2)12-15/h6,8-9,12H,5,7,10-11,13H2,1-4H3,(H,20,23). The van der Waals surface area contributed by atoms with Gasteiger partial charge in [-0.3, -0.25) is 4.79 Å². The van der Waals surface area contributed by atoms with Gasteiger partial charge in [0, 0.05) is 31.2 Å². The molecule has 0 unspecified atom stereocenters. The van der Waals surface area contributed by atoms with Gasteiger partial charge in [-0.25, -0.2) is 0 Å². The number of hydrogen-bond acceptors (Lipinski definition) is 4. The minimum Gasteiger partial charge on any atom is -0.355 e. The summed E-state index contributed by atoms with van der Waals surface area (Å²) in [6, 6.07) is 8.43. The maximum Gasteiger partial charge on any atom is 0.226 e. The molecule has 5 heteroatoms. The number of aromatic nitrogens is 2. The van der Waals surface area contributed by atoms with Crippen LogP contribution in [0.25, 0.3) is 0 Å². The van der Waals surface area contributed by atoms with E-state index in [1.807, 2.05) is 6.92 Å². The summed E-state index contributed by atoms with van der Waals surface area (Å²) in [7, 11) is 0. The second kappa shape index (κ2) is 8.08. The first kappa shape index (κ1) is 18.2. The highest BCUT2D eigenvalue weighted by atomic mass is 16.5. The number of carbonyl (C=O) groups excluding carboxylic acids is 1. The largest absolute Gasteiger partial charge is 0.355 e. The Morgan fingerprint density at radius 1 is 1.33 bits per heavy atom. The maximum atomic E-state index is 12.1. The van der Waals surface area contributed by atoms with E-state index >= 15 is 0 Å². The van der Waals surface area contributed by atoms with Crippen LogP contribution in [0.3, 0.4) is 0 Å². The summed E-state index contributed by atoms with van der Waals surface area (Å²) in [4.78, 5) is 16.3. The van der Waals surface area contributed by atoms with Gasteiger partial charge in [-0.2, -0.15) is 4.98 Å². The van der Waals surface area contributed by atoms with Crippen LogP contribution in [0.2, 0.25) is 0 Å². The Bertz CT molecular complexity index is 677. The van der Waals surface area contributed by atoms with E-state index in [4.69, 9.17) is 4.52 Å². The van der Waals surface area contributed by atoms with E-state index in [0.717, 1.165) is 6.42 Å². The Hall–Kier alpha value is -2.17. The van der Waals surface area contributed by atoms with Crippen molar-refractivity contribution in [1.29, 1.82) is 0 Å². The van der Waals surface area contributed by atoms with E-state index in [2.05, 4.69) is 60.5 Å². The number of hydrogen-bond donors (Lipinski definition) is 1. The highest BCUT2D eigenvalue weighted by Gasteiger charge is 2.21. The molecule has 0 radical (unpaired) electrons. The van der Waals surface area contributed by atoms with Gasteiger partial charge in [0.25, 0.3) is 0 Å². The smallest absolute Gasteiger partial charge is 0.226 e. The predicted octanol–water partition coefficient (Wildman–Crippen LogP) is 3.36. The Kier molecular flexibility index (Phi) is 6.12. The molecule has 1 aromatic heterocycles. The summed E-state index contributed by atoms with van der Waals surface area (Å²) in [6.45, 7) is 8.98. The summed E-state index contributed by atoms with van der Waals surface area (Å²) in [5, 5.41) is 6.89. The van der Waals surface area contributed by atoms with E-state index < -0.39 is 0 Å². The highest BCUT2D eigenvalue weighted by molar-refractivity contribution is 5.76. The fourth-order valence-electron chi connectivity index (χ4n) is 2.51. The van der Waals surface area contributed by atoms with E-state index in [-0.39, 0.29) is 11.3 Å².